The van der Waals surface area contributed by atoms with Gasteiger partial charge in [-0.1, -0.05) is 74.0 Å². The van der Waals surface area contributed by atoms with Gasteiger partial charge in [0, 0.05) is 12.3 Å². The molecule has 0 aliphatic heterocycles. The van der Waals surface area contributed by atoms with Crippen molar-refractivity contribution in [2.24, 2.45) is 0 Å². The summed E-state index contributed by atoms with van der Waals surface area (Å²) in [6.45, 7) is 2.34. The SMILES string of the molecule is CCCC(S)(CS)C(=O)NCC(C(=O)OCc1ccccc1)c1ccccc1. The predicted molar refractivity (Wildman–Crippen MR) is 119 cm³/mol. The Morgan fingerprint density at radius 3 is 2.25 bits per heavy atom. The van der Waals surface area contributed by atoms with Gasteiger partial charge in [0.2, 0.25) is 5.91 Å². The van der Waals surface area contributed by atoms with E-state index in [9.17, 15) is 9.59 Å². The second-order valence-electron chi connectivity index (χ2n) is 6.71. The van der Waals surface area contributed by atoms with Gasteiger partial charge in [-0.2, -0.15) is 25.3 Å². The van der Waals surface area contributed by atoms with E-state index < -0.39 is 10.7 Å². The van der Waals surface area contributed by atoms with Crippen molar-refractivity contribution in [3.05, 3.63) is 71.8 Å². The number of carbonyl (C=O) groups excluding carboxylic acids is 2. The molecular formula is C22H27NO3S2. The molecule has 2 aromatic carbocycles. The Bertz CT molecular complexity index is 755. The summed E-state index contributed by atoms with van der Waals surface area (Å²) in [7, 11) is 0. The Morgan fingerprint density at radius 2 is 1.68 bits per heavy atom. The Morgan fingerprint density at radius 1 is 1.07 bits per heavy atom. The maximum Gasteiger partial charge on any atom is 0.315 e. The number of amides is 1. The molecule has 2 rings (SSSR count). The molecule has 0 radical (unpaired) electrons. The molecule has 0 bridgehead atoms. The third-order valence-corrected chi connectivity index (χ3v) is 5.90. The van der Waals surface area contributed by atoms with Crippen LogP contribution in [-0.2, 0) is 20.9 Å². The lowest BCUT2D eigenvalue weighted by atomic mass is 9.98. The molecular weight excluding hydrogens is 390 g/mol. The smallest absolute Gasteiger partial charge is 0.315 e. The topological polar surface area (TPSA) is 55.4 Å². The Hall–Kier alpha value is -1.92. The van der Waals surface area contributed by atoms with E-state index in [1.54, 1.807) is 0 Å². The minimum absolute atomic E-state index is 0.149. The quantitative estimate of drug-likeness (QED) is 0.404. The molecule has 0 fully saturated rings. The van der Waals surface area contributed by atoms with E-state index >= 15 is 0 Å². The van der Waals surface area contributed by atoms with Crippen LogP contribution in [0, 0.1) is 0 Å². The van der Waals surface area contributed by atoms with Crippen molar-refractivity contribution >= 4 is 37.1 Å². The molecule has 4 nitrogen and oxygen atoms in total. The van der Waals surface area contributed by atoms with Crippen molar-refractivity contribution in [2.45, 2.75) is 37.0 Å². The summed E-state index contributed by atoms with van der Waals surface area (Å²) in [4.78, 5) is 25.4. The molecule has 28 heavy (non-hydrogen) atoms. The summed E-state index contributed by atoms with van der Waals surface area (Å²) in [5.74, 6) is -0.858. The number of thiol groups is 2. The molecule has 2 aromatic rings. The van der Waals surface area contributed by atoms with Gasteiger partial charge in [0.1, 0.15) is 11.4 Å². The second-order valence-corrected chi connectivity index (χ2v) is 7.88. The molecule has 0 saturated heterocycles. The summed E-state index contributed by atoms with van der Waals surface area (Å²) in [6, 6.07) is 18.8. The monoisotopic (exact) mass is 417 g/mol. The van der Waals surface area contributed by atoms with Gasteiger partial charge in [-0.15, -0.1) is 0 Å². The van der Waals surface area contributed by atoms with Crippen molar-refractivity contribution in [2.75, 3.05) is 12.3 Å². The molecule has 6 heteroatoms. The number of carbonyl (C=O) groups is 2. The number of ether oxygens (including phenoxy) is 1. The lowest BCUT2D eigenvalue weighted by Crippen LogP contribution is -2.46. The zero-order valence-electron chi connectivity index (χ0n) is 16.0. The third kappa shape index (κ3) is 6.31. The fourth-order valence-electron chi connectivity index (χ4n) is 2.89. The number of hydrogen-bond donors (Lipinski definition) is 3. The fraction of sp³-hybridized carbons (Fsp3) is 0.364. The van der Waals surface area contributed by atoms with Crippen molar-refractivity contribution in [3.63, 3.8) is 0 Å². The van der Waals surface area contributed by atoms with Gasteiger partial charge in [0.15, 0.2) is 0 Å². The summed E-state index contributed by atoms with van der Waals surface area (Å²) >= 11 is 8.79. The van der Waals surface area contributed by atoms with Gasteiger partial charge in [0.25, 0.3) is 0 Å². The number of nitrogens with one attached hydrogen (secondary N) is 1. The van der Waals surface area contributed by atoms with E-state index in [4.69, 9.17) is 4.74 Å². The minimum Gasteiger partial charge on any atom is -0.460 e. The first-order chi connectivity index (χ1) is 13.5. The second kappa shape index (κ2) is 11.2. The van der Waals surface area contributed by atoms with E-state index in [2.05, 4.69) is 30.6 Å². The largest absolute Gasteiger partial charge is 0.460 e. The fourth-order valence-corrected chi connectivity index (χ4v) is 3.49. The number of esters is 1. The van der Waals surface area contributed by atoms with Crippen LogP contribution in [0.25, 0.3) is 0 Å². The van der Waals surface area contributed by atoms with Crippen LogP contribution in [0.2, 0.25) is 0 Å². The third-order valence-electron chi connectivity index (χ3n) is 4.52. The number of rotatable bonds is 10. The van der Waals surface area contributed by atoms with Crippen LogP contribution < -0.4 is 5.32 Å². The van der Waals surface area contributed by atoms with E-state index in [0.717, 1.165) is 17.5 Å². The van der Waals surface area contributed by atoms with Gasteiger partial charge in [-0.3, -0.25) is 9.59 Å². The molecule has 0 aromatic heterocycles. The average Bonchev–Trinajstić information content (AvgIpc) is 2.73. The lowest BCUT2D eigenvalue weighted by Gasteiger charge is -2.26. The van der Waals surface area contributed by atoms with Crippen molar-refractivity contribution in [1.82, 2.24) is 5.32 Å². The maximum atomic E-state index is 12.8. The van der Waals surface area contributed by atoms with E-state index in [1.165, 1.54) is 0 Å². The highest BCUT2D eigenvalue weighted by atomic mass is 32.1. The Kier molecular flexibility index (Phi) is 8.93. The van der Waals surface area contributed by atoms with Gasteiger partial charge < -0.3 is 10.1 Å². The highest BCUT2D eigenvalue weighted by Crippen LogP contribution is 2.24. The van der Waals surface area contributed by atoms with E-state index in [0.29, 0.717) is 12.2 Å². The van der Waals surface area contributed by atoms with Crippen molar-refractivity contribution < 1.29 is 14.3 Å². The summed E-state index contributed by atoms with van der Waals surface area (Å²) in [5.41, 5.74) is 1.71. The Balaban J connectivity index is 2.07. The van der Waals surface area contributed by atoms with Crippen LogP contribution in [0.4, 0.5) is 0 Å². The normalized spacial score (nSPS) is 14.0. The summed E-state index contributed by atoms with van der Waals surface area (Å²) in [5, 5.41) is 2.87. The zero-order valence-corrected chi connectivity index (χ0v) is 17.8. The zero-order chi connectivity index (χ0) is 20.4. The van der Waals surface area contributed by atoms with E-state index in [1.807, 2.05) is 67.6 Å². The maximum absolute atomic E-state index is 12.8. The molecule has 0 heterocycles. The minimum atomic E-state index is -0.854. The molecule has 0 saturated carbocycles. The van der Waals surface area contributed by atoms with Crippen LogP contribution >= 0.6 is 25.3 Å². The first-order valence-electron chi connectivity index (χ1n) is 9.37. The molecule has 0 spiro atoms. The van der Waals surface area contributed by atoms with Crippen LogP contribution in [0.15, 0.2) is 60.7 Å². The van der Waals surface area contributed by atoms with Gasteiger partial charge in [-0.05, 0) is 17.5 Å². The molecule has 2 atom stereocenters. The molecule has 150 valence electrons. The van der Waals surface area contributed by atoms with Crippen LogP contribution in [0.5, 0.6) is 0 Å². The molecule has 2 unspecified atom stereocenters. The van der Waals surface area contributed by atoms with Crippen molar-refractivity contribution in [1.29, 1.82) is 0 Å². The van der Waals surface area contributed by atoms with Crippen LogP contribution in [-0.4, -0.2) is 28.9 Å². The number of hydrogen-bond acceptors (Lipinski definition) is 5. The van der Waals surface area contributed by atoms with Crippen LogP contribution in [0.3, 0.4) is 0 Å². The molecule has 1 amide bonds. The first-order valence-corrected chi connectivity index (χ1v) is 10.4. The highest BCUT2D eigenvalue weighted by Gasteiger charge is 2.33. The predicted octanol–water partition coefficient (Wildman–Crippen LogP) is 4.03. The Labute approximate surface area is 177 Å². The van der Waals surface area contributed by atoms with Crippen molar-refractivity contribution in [3.8, 4) is 0 Å². The standard InChI is InChI=1S/C22H27NO3S2/c1-2-13-22(28,16-27)21(25)23-14-19(18-11-7-4-8-12-18)20(24)26-15-17-9-5-3-6-10-17/h3-12,19,27-28H,2,13-16H2,1H3,(H,23,25). The van der Waals surface area contributed by atoms with Gasteiger partial charge >= 0.3 is 5.97 Å². The highest BCUT2D eigenvalue weighted by molar-refractivity contribution is 7.86. The molecule has 1 N–H and O–H groups in total. The van der Waals surface area contributed by atoms with Crippen LogP contribution in [0.1, 0.15) is 36.8 Å². The van der Waals surface area contributed by atoms with Gasteiger partial charge in [-0.25, -0.2) is 0 Å². The number of benzene rings is 2. The lowest BCUT2D eigenvalue weighted by molar-refractivity contribution is -0.146. The van der Waals surface area contributed by atoms with Gasteiger partial charge in [0.05, 0.1) is 5.92 Å². The molecule has 0 aliphatic carbocycles. The first kappa shape index (κ1) is 22.4. The summed E-state index contributed by atoms with van der Waals surface area (Å²) in [6.07, 6.45) is 1.43. The summed E-state index contributed by atoms with van der Waals surface area (Å²) < 4.78 is 4.66. The average molecular weight is 418 g/mol. The molecule has 0 aliphatic rings. The van der Waals surface area contributed by atoms with E-state index in [-0.39, 0.29) is 25.0 Å².